The second-order valence-electron chi connectivity index (χ2n) is 4.63. The molecule has 1 aliphatic rings. The monoisotopic (exact) mass is 274 g/mol. The largest absolute Gasteiger partial charge is 0.462 e. The SMILES string of the molecule is CCOC(=O)/C(=C/C(=O)OC1CCC1)c1ccccc1. The maximum absolute atomic E-state index is 12.0. The van der Waals surface area contributed by atoms with Crippen molar-refractivity contribution in [1.29, 1.82) is 0 Å². The van der Waals surface area contributed by atoms with Gasteiger partial charge >= 0.3 is 11.9 Å². The highest BCUT2D eigenvalue weighted by Gasteiger charge is 2.22. The molecular formula is C16H18O4. The van der Waals surface area contributed by atoms with E-state index >= 15 is 0 Å². The van der Waals surface area contributed by atoms with E-state index in [2.05, 4.69) is 0 Å². The first kappa shape index (κ1) is 14.3. The quantitative estimate of drug-likeness (QED) is 0.612. The van der Waals surface area contributed by atoms with E-state index < -0.39 is 11.9 Å². The van der Waals surface area contributed by atoms with Gasteiger partial charge in [0.15, 0.2) is 0 Å². The summed E-state index contributed by atoms with van der Waals surface area (Å²) >= 11 is 0. The average Bonchev–Trinajstić information content (AvgIpc) is 2.41. The van der Waals surface area contributed by atoms with Gasteiger partial charge < -0.3 is 9.47 Å². The van der Waals surface area contributed by atoms with Crippen LogP contribution in [0.15, 0.2) is 36.4 Å². The van der Waals surface area contributed by atoms with E-state index in [1.54, 1.807) is 31.2 Å². The van der Waals surface area contributed by atoms with Gasteiger partial charge in [-0.2, -0.15) is 0 Å². The van der Waals surface area contributed by atoms with Crippen LogP contribution in [0.2, 0.25) is 0 Å². The molecule has 0 aromatic heterocycles. The van der Waals surface area contributed by atoms with Crippen LogP contribution in [0.1, 0.15) is 31.7 Å². The second-order valence-corrected chi connectivity index (χ2v) is 4.63. The molecule has 1 aromatic rings. The molecule has 0 unspecified atom stereocenters. The fourth-order valence-electron chi connectivity index (χ4n) is 1.89. The highest BCUT2D eigenvalue weighted by Crippen LogP contribution is 2.23. The summed E-state index contributed by atoms with van der Waals surface area (Å²) < 4.78 is 10.2. The highest BCUT2D eigenvalue weighted by molar-refractivity contribution is 6.20. The van der Waals surface area contributed by atoms with Crippen molar-refractivity contribution in [3.05, 3.63) is 42.0 Å². The van der Waals surface area contributed by atoms with Crippen LogP contribution in [0, 0.1) is 0 Å². The maximum atomic E-state index is 12.0. The first-order valence-electron chi connectivity index (χ1n) is 6.85. The molecule has 0 aliphatic heterocycles. The fourth-order valence-corrected chi connectivity index (χ4v) is 1.89. The van der Waals surface area contributed by atoms with E-state index in [0.717, 1.165) is 19.3 Å². The van der Waals surface area contributed by atoms with E-state index in [0.29, 0.717) is 5.56 Å². The molecule has 1 aliphatic carbocycles. The summed E-state index contributed by atoms with van der Waals surface area (Å²) in [5.74, 6) is -0.995. The summed E-state index contributed by atoms with van der Waals surface area (Å²) in [6, 6.07) is 8.98. The lowest BCUT2D eigenvalue weighted by atomic mass is 9.96. The summed E-state index contributed by atoms with van der Waals surface area (Å²) in [4.78, 5) is 23.8. The fraction of sp³-hybridized carbons (Fsp3) is 0.375. The molecule has 0 atom stereocenters. The third-order valence-corrected chi connectivity index (χ3v) is 3.18. The zero-order valence-corrected chi connectivity index (χ0v) is 11.5. The van der Waals surface area contributed by atoms with E-state index in [4.69, 9.17) is 9.47 Å². The number of ether oxygens (including phenoxy) is 2. The summed E-state index contributed by atoms with van der Waals surface area (Å²) in [6.45, 7) is 1.99. The molecule has 1 aromatic carbocycles. The Hall–Kier alpha value is -2.10. The van der Waals surface area contributed by atoms with Gasteiger partial charge in [-0.25, -0.2) is 9.59 Å². The molecular weight excluding hydrogens is 256 g/mol. The van der Waals surface area contributed by atoms with Crippen molar-refractivity contribution in [2.45, 2.75) is 32.3 Å². The Bertz CT molecular complexity index is 500. The number of carbonyl (C=O) groups excluding carboxylic acids is 2. The van der Waals surface area contributed by atoms with Gasteiger partial charge in [-0.3, -0.25) is 0 Å². The standard InChI is InChI=1S/C16H18O4/c1-2-19-16(18)14(12-7-4-3-5-8-12)11-15(17)20-13-9-6-10-13/h3-5,7-8,11,13H,2,6,9-10H2,1H3/b14-11+. The molecule has 0 bridgehead atoms. The van der Waals surface area contributed by atoms with Crippen LogP contribution in [0.5, 0.6) is 0 Å². The molecule has 4 heteroatoms. The number of rotatable bonds is 5. The van der Waals surface area contributed by atoms with E-state index in [-0.39, 0.29) is 18.3 Å². The maximum Gasteiger partial charge on any atom is 0.338 e. The summed E-state index contributed by atoms with van der Waals surface area (Å²) in [5.41, 5.74) is 0.883. The van der Waals surface area contributed by atoms with Crippen molar-refractivity contribution >= 4 is 17.5 Å². The van der Waals surface area contributed by atoms with Crippen LogP contribution in [0.3, 0.4) is 0 Å². The van der Waals surface area contributed by atoms with E-state index in [1.807, 2.05) is 6.07 Å². The zero-order chi connectivity index (χ0) is 14.4. The lowest BCUT2D eigenvalue weighted by Crippen LogP contribution is -2.24. The number of hydrogen-bond acceptors (Lipinski definition) is 4. The number of carbonyl (C=O) groups is 2. The van der Waals surface area contributed by atoms with Crippen molar-refractivity contribution in [2.75, 3.05) is 6.61 Å². The molecule has 4 nitrogen and oxygen atoms in total. The predicted molar refractivity (Wildman–Crippen MR) is 74.8 cm³/mol. The van der Waals surface area contributed by atoms with Gasteiger partial charge in [0.1, 0.15) is 6.10 Å². The Morgan fingerprint density at radius 3 is 2.50 bits per heavy atom. The topological polar surface area (TPSA) is 52.6 Å². The highest BCUT2D eigenvalue weighted by atomic mass is 16.5. The van der Waals surface area contributed by atoms with Gasteiger partial charge in [0.05, 0.1) is 12.2 Å². The summed E-state index contributed by atoms with van der Waals surface area (Å²) in [5, 5.41) is 0. The summed E-state index contributed by atoms with van der Waals surface area (Å²) in [7, 11) is 0. The van der Waals surface area contributed by atoms with Gasteiger partial charge in [0.2, 0.25) is 0 Å². The molecule has 1 fully saturated rings. The van der Waals surface area contributed by atoms with Crippen molar-refractivity contribution in [1.82, 2.24) is 0 Å². The third-order valence-electron chi connectivity index (χ3n) is 3.18. The number of esters is 2. The zero-order valence-electron chi connectivity index (χ0n) is 11.5. The molecule has 20 heavy (non-hydrogen) atoms. The Morgan fingerprint density at radius 2 is 1.95 bits per heavy atom. The van der Waals surface area contributed by atoms with Crippen LogP contribution in [0.4, 0.5) is 0 Å². The van der Waals surface area contributed by atoms with Crippen LogP contribution in [-0.2, 0) is 19.1 Å². The molecule has 0 amide bonds. The smallest absolute Gasteiger partial charge is 0.338 e. The third kappa shape index (κ3) is 3.70. The minimum atomic E-state index is -0.510. The van der Waals surface area contributed by atoms with Gasteiger partial charge in [-0.05, 0) is 31.7 Å². The minimum Gasteiger partial charge on any atom is -0.462 e. The van der Waals surface area contributed by atoms with Crippen LogP contribution in [0.25, 0.3) is 5.57 Å². The first-order valence-corrected chi connectivity index (χ1v) is 6.85. The van der Waals surface area contributed by atoms with E-state index in [9.17, 15) is 9.59 Å². The summed E-state index contributed by atoms with van der Waals surface area (Å²) in [6.07, 6.45) is 4.12. The average molecular weight is 274 g/mol. The van der Waals surface area contributed by atoms with Crippen molar-refractivity contribution in [3.63, 3.8) is 0 Å². The van der Waals surface area contributed by atoms with Crippen molar-refractivity contribution < 1.29 is 19.1 Å². The van der Waals surface area contributed by atoms with Gasteiger partial charge in [0, 0.05) is 6.08 Å². The molecule has 0 radical (unpaired) electrons. The molecule has 1 saturated carbocycles. The molecule has 106 valence electrons. The lowest BCUT2D eigenvalue weighted by molar-refractivity contribution is -0.147. The Balaban J connectivity index is 2.16. The van der Waals surface area contributed by atoms with Crippen molar-refractivity contribution in [2.24, 2.45) is 0 Å². The Kier molecular flexibility index (Phi) is 4.93. The first-order chi connectivity index (χ1) is 9.70. The van der Waals surface area contributed by atoms with Gasteiger partial charge in [0.25, 0.3) is 0 Å². The normalized spacial score (nSPS) is 15.3. The van der Waals surface area contributed by atoms with Gasteiger partial charge in [-0.1, -0.05) is 30.3 Å². The van der Waals surface area contributed by atoms with Crippen molar-refractivity contribution in [3.8, 4) is 0 Å². The molecule has 0 spiro atoms. The van der Waals surface area contributed by atoms with Crippen LogP contribution >= 0.6 is 0 Å². The van der Waals surface area contributed by atoms with Crippen LogP contribution in [-0.4, -0.2) is 24.6 Å². The van der Waals surface area contributed by atoms with Crippen LogP contribution < -0.4 is 0 Å². The lowest BCUT2D eigenvalue weighted by Gasteiger charge is -2.24. The predicted octanol–water partition coefficient (Wildman–Crippen LogP) is 2.73. The second kappa shape index (κ2) is 6.89. The minimum absolute atomic E-state index is 0.00188. The molecule has 0 N–H and O–H groups in total. The Morgan fingerprint density at radius 1 is 1.25 bits per heavy atom. The molecule has 0 heterocycles. The van der Waals surface area contributed by atoms with Gasteiger partial charge in [-0.15, -0.1) is 0 Å². The van der Waals surface area contributed by atoms with E-state index in [1.165, 1.54) is 6.08 Å². The Labute approximate surface area is 118 Å². The number of benzene rings is 1. The molecule has 0 saturated heterocycles. The molecule has 2 rings (SSSR count). The number of hydrogen-bond donors (Lipinski definition) is 0.